The molecule has 3 heterocycles. The molecule has 250 valence electrons. The molecule has 47 heavy (non-hydrogen) atoms. The fourth-order valence-electron chi connectivity index (χ4n) is 5.62. The minimum Gasteiger partial charge on any atom is -0.437 e. The van der Waals surface area contributed by atoms with E-state index in [2.05, 4.69) is 4.74 Å². The minimum atomic E-state index is -4.88. The van der Waals surface area contributed by atoms with Gasteiger partial charge >= 0.3 is 18.0 Å². The lowest BCUT2D eigenvalue weighted by Crippen LogP contribution is -2.51. The zero-order valence-corrected chi connectivity index (χ0v) is 25.6. The van der Waals surface area contributed by atoms with E-state index < -0.39 is 53.1 Å². The van der Waals surface area contributed by atoms with Crippen LogP contribution in [0.2, 0.25) is 0 Å². The number of carbonyl (C=O) groups excluding carboxylic acids is 1. The number of carbonyl (C=O) groups is 1. The van der Waals surface area contributed by atoms with Crippen molar-refractivity contribution in [1.82, 2.24) is 14.0 Å². The number of hydrogen-bond donors (Lipinski definition) is 1. The molecule has 1 saturated heterocycles. The lowest BCUT2D eigenvalue weighted by molar-refractivity contribution is -0.138. The van der Waals surface area contributed by atoms with Crippen molar-refractivity contribution < 1.29 is 36.2 Å². The summed E-state index contributed by atoms with van der Waals surface area (Å²) < 4.78 is 73.4. The van der Waals surface area contributed by atoms with Crippen LogP contribution >= 0.6 is 0 Å². The van der Waals surface area contributed by atoms with Gasteiger partial charge in [0, 0.05) is 49.5 Å². The van der Waals surface area contributed by atoms with Crippen molar-refractivity contribution in [2.45, 2.75) is 38.8 Å². The van der Waals surface area contributed by atoms with Crippen molar-refractivity contribution in [1.29, 1.82) is 0 Å². The number of rotatable bonds is 9. The molecule has 0 spiro atoms. The minimum absolute atomic E-state index is 0.0267. The Labute approximate surface area is 266 Å². The summed E-state index contributed by atoms with van der Waals surface area (Å²) >= 11 is 0. The quantitative estimate of drug-likeness (QED) is 0.207. The molecule has 0 amide bonds. The second-order valence-electron chi connectivity index (χ2n) is 11.0. The Morgan fingerprint density at radius 3 is 2.32 bits per heavy atom. The van der Waals surface area contributed by atoms with Gasteiger partial charge in [0.05, 0.1) is 32.3 Å². The van der Waals surface area contributed by atoms with Gasteiger partial charge in [0.2, 0.25) is 0 Å². The Hall–Kier alpha value is -4.89. The van der Waals surface area contributed by atoms with Gasteiger partial charge in [-0.25, -0.2) is 14.0 Å². The molecule has 0 unspecified atom stereocenters. The van der Waals surface area contributed by atoms with E-state index in [1.165, 1.54) is 20.1 Å². The van der Waals surface area contributed by atoms with Crippen LogP contribution in [-0.2, 0) is 30.5 Å². The summed E-state index contributed by atoms with van der Waals surface area (Å²) in [5.74, 6) is -0.635. The van der Waals surface area contributed by atoms with E-state index >= 15 is 0 Å². The second-order valence-corrected chi connectivity index (χ2v) is 11.0. The highest BCUT2D eigenvalue weighted by atomic mass is 19.4. The molecule has 2 aromatic carbocycles. The number of furan rings is 1. The van der Waals surface area contributed by atoms with E-state index in [1.54, 1.807) is 41.3 Å². The van der Waals surface area contributed by atoms with Crippen molar-refractivity contribution in [3.63, 3.8) is 0 Å². The molecule has 1 aliphatic rings. The first-order valence-corrected chi connectivity index (χ1v) is 14.7. The summed E-state index contributed by atoms with van der Waals surface area (Å²) in [7, 11) is 1.17. The molecule has 5 rings (SSSR count). The molecule has 1 atom stereocenters. The molecule has 1 fully saturated rings. The first kappa shape index (κ1) is 33.5. The van der Waals surface area contributed by atoms with Crippen molar-refractivity contribution in [3.8, 4) is 5.95 Å². The van der Waals surface area contributed by atoms with Crippen molar-refractivity contribution in [3.05, 3.63) is 115 Å². The van der Waals surface area contributed by atoms with Crippen LogP contribution in [0.5, 0.6) is 5.95 Å². The third-order valence-corrected chi connectivity index (χ3v) is 8.06. The monoisotopic (exact) mass is 659 g/mol. The Kier molecular flexibility index (Phi) is 9.86. The van der Waals surface area contributed by atoms with Crippen LogP contribution in [0.3, 0.4) is 0 Å². The van der Waals surface area contributed by atoms with Gasteiger partial charge in [0.15, 0.2) is 0 Å². The average molecular weight is 660 g/mol. The molecule has 0 bridgehead atoms. The number of aromatic nitrogens is 2. The fourth-order valence-corrected chi connectivity index (χ4v) is 5.62. The highest BCUT2D eigenvalue weighted by Crippen LogP contribution is 2.33. The second kappa shape index (κ2) is 13.8. The number of piperazine rings is 1. The summed E-state index contributed by atoms with van der Waals surface area (Å²) in [5.41, 5.74) is 3.77. The van der Waals surface area contributed by atoms with E-state index in [-0.39, 0.29) is 23.9 Å². The van der Waals surface area contributed by atoms with Crippen LogP contribution in [-0.4, -0.2) is 53.5 Å². The topological polar surface area (TPSA) is 125 Å². The van der Waals surface area contributed by atoms with Crippen LogP contribution in [0, 0.1) is 12.7 Å². The number of benzene rings is 2. The highest BCUT2D eigenvalue weighted by Gasteiger charge is 2.35. The fraction of sp³-hybridized carbons (Fsp3) is 0.344. The average Bonchev–Trinajstić information content (AvgIpc) is 3.48. The first-order chi connectivity index (χ1) is 22.4. The largest absolute Gasteiger partial charge is 0.516 e. The predicted molar refractivity (Wildman–Crippen MR) is 163 cm³/mol. The number of alkyl halides is 3. The zero-order valence-electron chi connectivity index (χ0n) is 25.6. The van der Waals surface area contributed by atoms with Crippen LogP contribution in [0.4, 0.5) is 28.0 Å². The lowest BCUT2D eigenvalue weighted by atomic mass is 10.1. The Balaban J connectivity index is 1.47. The van der Waals surface area contributed by atoms with Crippen LogP contribution in [0.25, 0.3) is 0 Å². The maximum absolute atomic E-state index is 14.9. The summed E-state index contributed by atoms with van der Waals surface area (Å²) in [6.45, 7) is 2.34. The molecule has 0 saturated carbocycles. The number of halogens is 4. The highest BCUT2D eigenvalue weighted by molar-refractivity contribution is 5.62. The smallest absolute Gasteiger partial charge is 0.437 e. The van der Waals surface area contributed by atoms with Crippen molar-refractivity contribution >= 4 is 11.8 Å². The van der Waals surface area contributed by atoms with Crippen molar-refractivity contribution in [2.24, 2.45) is 5.73 Å². The summed E-state index contributed by atoms with van der Waals surface area (Å²) in [6.07, 6.45) is -5.80. The van der Waals surface area contributed by atoms with Gasteiger partial charge in [-0.1, -0.05) is 36.4 Å². The number of ether oxygens (including phenoxy) is 2. The molecule has 1 aliphatic heterocycles. The molecule has 2 aromatic heterocycles. The van der Waals surface area contributed by atoms with Crippen molar-refractivity contribution in [2.75, 3.05) is 38.2 Å². The van der Waals surface area contributed by atoms with E-state index in [1.807, 2.05) is 4.90 Å². The van der Waals surface area contributed by atoms with Gasteiger partial charge in [-0.2, -0.15) is 13.2 Å². The Morgan fingerprint density at radius 2 is 1.66 bits per heavy atom. The van der Waals surface area contributed by atoms with Gasteiger partial charge in [-0.15, -0.1) is 0 Å². The third kappa shape index (κ3) is 7.41. The molecular formula is C32H33F4N5O6. The normalized spacial score (nSPS) is 14.7. The maximum Gasteiger partial charge on any atom is 0.516 e. The Bertz CT molecular complexity index is 1850. The molecule has 0 aliphatic carbocycles. The summed E-state index contributed by atoms with van der Waals surface area (Å²) in [4.78, 5) is 42.9. The van der Waals surface area contributed by atoms with Gasteiger partial charge in [0.25, 0.3) is 11.5 Å². The van der Waals surface area contributed by atoms with Gasteiger partial charge in [0.1, 0.15) is 17.3 Å². The lowest BCUT2D eigenvalue weighted by Gasteiger charge is -2.36. The van der Waals surface area contributed by atoms with Gasteiger partial charge in [-0.05, 0) is 30.7 Å². The summed E-state index contributed by atoms with van der Waals surface area (Å²) in [6, 6.07) is 13.7. The van der Waals surface area contributed by atoms with E-state index in [4.69, 9.17) is 14.9 Å². The number of nitrogens with zero attached hydrogens (tertiary/aromatic N) is 4. The van der Waals surface area contributed by atoms with Crippen LogP contribution in [0.1, 0.15) is 34.2 Å². The summed E-state index contributed by atoms with van der Waals surface area (Å²) in [5, 5.41) is 0. The first-order valence-electron chi connectivity index (χ1n) is 14.7. The molecule has 4 aromatic rings. The molecule has 15 heteroatoms. The molecular weight excluding hydrogens is 626 g/mol. The van der Waals surface area contributed by atoms with E-state index in [9.17, 15) is 31.9 Å². The predicted octanol–water partition coefficient (Wildman–Crippen LogP) is 4.29. The SMILES string of the molecule is COC(=O)Oc1ccc(CN2CCN(c3c(C)n(Cc4c(F)cccc4C(F)(F)F)c(=O)n(C[C@H](N)c4ccccc4)c3=O)CC2)o1. The molecule has 0 radical (unpaired) electrons. The van der Waals surface area contributed by atoms with Crippen LogP contribution in [0.15, 0.2) is 74.7 Å². The molecule has 2 N–H and O–H groups in total. The number of hydrogen-bond acceptors (Lipinski definition) is 9. The molecule has 11 nitrogen and oxygen atoms in total. The van der Waals surface area contributed by atoms with E-state index in [0.717, 1.165) is 27.3 Å². The third-order valence-electron chi connectivity index (χ3n) is 8.06. The zero-order chi connectivity index (χ0) is 33.9. The van der Waals surface area contributed by atoms with Gasteiger partial charge in [-0.3, -0.25) is 18.8 Å². The number of methoxy groups -OCH3 is 1. The standard InChI is InChI=1S/C32H33F4N5O6/c1-20-28(39-15-13-38(14-16-39)17-22-11-12-27(46-22)47-31(44)45-2)29(42)41(19-26(37)21-7-4-3-5-8-21)30(43)40(20)18-23-24(32(34,35)36)9-6-10-25(23)33/h3-12,26H,13-19,37H2,1-2H3/t26-/m0/s1. The number of anilines is 1. The number of nitrogens with two attached hydrogens (primary N) is 1. The van der Waals surface area contributed by atoms with E-state index in [0.29, 0.717) is 44.0 Å². The van der Waals surface area contributed by atoms with Crippen LogP contribution < -0.4 is 26.6 Å². The maximum atomic E-state index is 14.9. The Morgan fingerprint density at radius 1 is 0.957 bits per heavy atom. The van der Waals surface area contributed by atoms with Gasteiger partial charge < -0.3 is 24.5 Å².